The van der Waals surface area contributed by atoms with Crippen molar-refractivity contribution in [3.63, 3.8) is 0 Å². The molecule has 0 aliphatic rings. The molecular weight excluding hydrogens is 264 g/mol. The zero-order valence-corrected chi connectivity index (χ0v) is 15.3. The highest BCUT2D eigenvalue weighted by atomic mass is 13.9. The Labute approximate surface area is 140 Å². The van der Waals surface area contributed by atoms with Crippen LogP contribution in [0, 0.1) is 23.7 Å². The normalized spacial score (nSPS) is 9.73. The van der Waals surface area contributed by atoms with E-state index in [2.05, 4.69) is 37.5 Å². The third-order valence-corrected chi connectivity index (χ3v) is 3.94. The van der Waals surface area contributed by atoms with Gasteiger partial charge in [0.15, 0.2) is 0 Å². The highest BCUT2D eigenvalue weighted by Crippen LogP contribution is 2.08. The number of rotatable bonds is 13. The lowest BCUT2D eigenvalue weighted by Crippen LogP contribution is -1.79. The first-order chi connectivity index (χ1) is 10.9. The van der Waals surface area contributed by atoms with Gasteiger partial charge in [-0.1, -0.05) is 78.1 Å². The van der Waals surface area contributed by atoms with E-state index < -0.39 is 0 Å². The standard InChI is InChI=1S/C22H38/c1-3-5-7-9-11-13-15-17-19-21-22-20-18-16-14-12-10-8-6-4-2/h3-15,17,20,22H2,1-2H3. The molecule has 0 bridgehead atoms. The smallest absolute Gasteiger partial charge is 0.0198 e. The predicted molar refractivity (Wildman–Crippen MR) is 101 cm³/mol. The SMILES string of the molecule is CCCCCCCC#CCCC#CCCCCCCCCC. The third kappa shape index (κ3) is 19.1. The van der Waals surface area contributed by atoms with Crippen LogP contribution in [0.15, 0.2) is 0 Å². The summed E-state index contributed by atoms with van der Waals surface area (Å²) in [7, 11) is 0. The lowest BCUT2D eigenvalue weighted by atomic mass is 10.1. The van der Waals surface area contributed by atoms with E-state index >= 15 is 0 Å². The topological polar surface area (TPSA) is 0 Å². The highest BCUT2D eigenvalue weighted by Gasteiger charge is 1.89. The van der Waals surface area contributed by atoms with Crippen LogP contribution in [0.1, 0.15) is 117 Å². The van der Waals surface area contributed by atoms with E-state index in [4.69, 9.17) is 0 Å². The molecule has 0 aromatic heterocycles. The third-order valence-electron chi connectivity index (χ3n) is 3.94. The van der Waals surface area contributed by atoms with Crippen molar-refractivity contribution in [1.82, 2.24) is 0 Å². The van der Waals surface area contributed by atoms with Crippen LogP contribution in [0.25, 0.3) is 0 Å². The fourth-order valence-corrected chi connectivity index (χ4v) is 2.47. The Balaban J connectivity index is 3.22. The summed E-state index contributed by atoms with van der Waals surface area (Å²) in [6.07, 6.45) is 20.4. The summed E-state index contributed by atoms with van der Waals surface area (Å²) in [4.78, 5) is 0. The molecule has 0 fully saturated rings. The van der Waals surface area contributed by atoms with Crippen LogP contribution in [-0.2, 0) is 0 Å². The fraction of sp³-hybridized carbons (Fsp3) is 0.818. The van der Waals surface area contributed by atoms with Crippen LogP contribution in [0.4, 0.5) is 0 Å². The lowest BCUT2D eigenvalue weighted by Gasteiger charge is -1.97. The summed E-state index contributed by atoms with van der Waals surface area (Å²) in [6.45, 7) is 4.53. The molecule has 0 atom stereocenters. The van der Waals surface area contributed by atoms with Crippen LogP contribution in [0.5, 0.6) is 0 Å². The number of unbranched alkanes of at least 4 members (excludes halogenated alkanes) is 13. The summed E-state index contributed by atoms with van der Waals surface area (Å²) in [5, 5.41) is 0. The van der Waals surface area contributed by atoms with Crippen molar-refractivity contribution in [3.05, 3.63) is 0 Å². The molecule has 0 spiro atoms. The number of hydrogen-bond acceptors (Lipinski definition) is 0. The summed E-state index contributed by atoms with van der Waals surface area (Å²) < 4.78 is 0. The Bertz CT molecular complexity index is 317. The summed E-state index contributed by atoms with van der Waals surface area (Å²) in [6, 6.07) is 0. The van der Waals surface area contributed by atoms with Crippen LogP contribution in [-0.4, -0.2) is 0 Å². The Morgan fingerprint density at radius 1 is 0.364 bits per heavy atom. The Morgan fingerprint density at radius 3 is 1.09 bits per heavy atom. The van der Waals surface area contributed by atoms with E-state index in [9.17, 15) is 0 Å². The van der Waals surface area contributed by atoms with E-state index in [1.807, 2.05) is 0 Å². The van der Waals surface area contributed by atoms with Gasteiger partial charge in [0.2, 0.25) is 0 Å². The Morgan fingerprint density at radius 2 is 0.682 bits per heavy atom. The van der Waals surface area contributed by atoms with E-state index in [-0.39, 0.29) is 0 Å². The second-order valence-electron chi connectivity index (χ2n) is 6.24. The van der Waals surface area contributed by atoms with Crippen LogP contribution >= 0.6 is 0 Å². The van der Waals surface area contributed by atoms with Gasteiger partial charge in [0, 0.05) is 25.7 Å². The van der Waals surface area contributed by atoms with E-state index in [1.54, 1.807) is 0 Å². The van der Waals surface area contributed by atoms with E-state index in [0.29, 0.717) is 0 Å². The Kier molecular flexibility index (Phi) is 19.3. The zero-order valence-electron chi connectivity index (χ0n) is 15.3. The predicted octanol–water partition coefficient (Wildman–Crippen LogP) is 7.27. The molecule has 126 valence electrons. The molecule has 22 heavy (non-hydrogen) atoms. The molecule has 0 aliphatic heterocycles. The molecule has 0 aliphatic carbocycles. The fourth-order valence-electron chi connectivity index (χ4n) is 2.47. The lowest BCUT2D eigenvalue weighted by molar-refractivity contribution is 0.594. The van der Waals surface area contributed by atoms with Crippen molar-refractivity contribution < 1.29 is 0 Å². The molecule has 0 N–H and O–H groups in total. The molecule has 0 nitrogen and oxygen atoms in total. The molecule has 0 radical (unpaired) electrons. The van der Waals surface area contributed by atoms with Crippen LogP contribution in [0.3, 0.4) is 0 Å². The van der Waals surface area contributed by atoms with Crippen molar-refractivity contribution in [2.24, 2.45) is 0 Å². The minimum Gasteiger partial charge on any atom is -0.103 e. The maximum atomic E-state index is 3.29. The van der Waals surface area contributed by atoms with Gasteiger partial charge in [-0.25, -0.2) is 0 Å². The van der Waals surface area contributed by atoms with Crippen molar-refractivity contribution in [3.8, 4) is 23.7 Å². The van der Waals surface area contributed by atoms with Crippen molar-refractivity contribution in [2.45, 2.75) is 117 Å². The van der Waals surface area contributed by atoms with Gasteiger partial charge in [-0.15, -0.1) is 23.7 Å². The summed E-state index contributed by atoms with van der Waals surface area (Å²) in [5.41, 5.74) is 0. The molecular formula is C22H38. The van der Waals surface area contributed by atoms with Crippen molar-refractivity contribution in [1.29, 1.82) is 0 Å². The van der Waals surface area contributed by atoms with Gasteiger partial charge in [-0.05, 0) is 12.8 Å². The van der Waals surface area contributed by atoms with Gasteiger partial charge in [0.1, 0.15) is 0 Å². The molecule has 0 amide bonds. The first kappa shape index (κ1) is 21.1. The Hall–Kier alpha value is -0.880. The van der Waals surface area contributed by atoms with Crippen LogP contribution < -0.4 is 0 Å². The molecule has 0 aromatic rings. The minimum absolute atomic E-state index is 0.957. The largest absolute Gasteiger partial charge is 0.103 e. The maximum Gasteiger partial charge on any atom is 0.0198 e. The maximum absolute atomic E-state index is 3.29. The summed E-state index contributed by atoms with van der Waals surface area (Å²) in [5.74, 6) is 13.1. The van der Waals surface area contributed by atoms with Gasteiger partial charge >= 0.3 is 0 Å². The first-order valence-corrected chi connectivity index (χ1v) is 9.83. The van der Waals surface area contributed by atoms with Gasteiger partial charge in [-0.2, -0.15) is 0 Å². The molecule has 0 heteroatoms. The minimum atomic E-state index is 0.957. The van der Waals surface area contributed by atoms with E-state index in [0.717, 1.165) is 25.7 Å². The van der Waals surface area contributed by atoms with Crippen molar-refractivity contribution in [2.75, 3.05) is 0 Å². The van der Waals surface area contributed by atoms with Gasteiger partial charge in [0.05, 0.1) is 0 Å². The average molecular weight is 303 g/mol. The molecule has 0 unspecified atom stereocenters. The second kappa shape index (κ2) is 20.1. The summed E-state index contributed by atoms with van der Waals surface area (Å²) >= 11 is 0. The quantitative estimate of drug-likeness (QED) is 0.248. The average Bonchev–Trinajstić information content (AvgIpc) is 2.54. The first-order valence-electron chi connectivity index (χ1n) is 9.83. The van der Waals surface area contributed by atoms with Gasteiger partial charge in [-0.3, -0.25) is 0 Å². The highest BCUT2D eigenvalue weighted by molar-refractivity contribution is 5.05. The van der Waals surface area contributed by atoms with Crippen molar-refractivity contribution >= 4 is 0 Å². The van der Waals surface area contributed by atoms with Gasteiger partial charge < -0.3 is 0 Å². The molecule has 0 heterocycles. The molecule has 0 saturated heterocycles. The van der Waals surface area contributed by atoms with Crippen LogP contribution in [0.2, 0.25) is 0 Å². The monoisotopic (exact) mass is 302 g/mol. The molecule has 0 rings (SSSR count). The van der Waals surface area contributed by atoms with E-state index in [1.165, 1.54) is 77.0 Å². The zero-order chi connectivity index (χ0) is 16.1. The molecule has 0 aromatic carbocycles. The van der Waals surface area contributed by atoms with Gasteiger partial charge in [0.25, 0.3) is 0 Å². The molecule has 0 saturated carbocycles. The number of hydrogen-bond donors (Lipinski definition) is 0. The second-order valence-corrected chi connectivity index (χ2v) is 6.24.